The lowest BCUT2D eigenvalue weighted by Crippen LogP contribution is -2.38. The van der Waals surface area contributed by atoms with Gasteiger partial charge in [-0.05, 0) is 25.0 Å². The summed E-state index contributed by atoms with van der Waals surface area (Å²) >= 11 is 7.79. The highest BCUT2D eigenvalue weighted by atomic mass is 35.5. The van der Waals surface area contributed by atoms with Crippen LogP contribution in [0.1, 0.15) is 34.1 Å². The minimum atomic E-state index is 0.0354. The molecule has 3 nitrogen and oxygen atoms in total. The van der Waals surface area contributed by atoms with Crippen molar-refractivity contribution in [3.8, 4) is 0 Å². The molecule has 1 aromatic heterocycles. The van der Waals surface area contributed by atoms with E-state index < -0.39 is 0 Å². The molecule has 1 aliphatic heterocycles. The second kappa shape index (κ2) is 5.94. The first-order valence-electron chi connectivity index (χ1n) is 6.69. The number of amides is 1. The summed E-state index contributed by atoms with van der Waals surface area (Å²) in [4.78, 5) is 18.7. The van der Waals surface area contributed by atoms with E-state index in [0.29, 0.717) is 16.5 Å². The normalized spacial score (nSPS) is 16.4. The van der Waals surface area contributed by atoms with Gasteiger partial charge >= 0.3 is 0 Å². The molecule has 1 amide bonds. The molecule has 1 aliphatic rings. The average Bonchev–Trinajstić information content (AvgIpc) is 3.01. The third kappa shape index (κ3) is 2.72. The fraction of sp³-hybridized carbons (Fsp3) is 0.333. The van der Waals surface area contributed by atoms with Crippen LogP contribution in [0.15, 0.2) is 35.8 Å². The SMILES string of the molecule is O=C(c1ccccc1Cl)N1CCC(c2nccs2)CC1. The summed E-state index contributed by atoms with van der Waals surface area (Å²) in [5.41, 5.74) is 0.599. The molecule has 0 aliphatic carbocycles. The van der Waals surface area contributed by atoms with Gasteiger partial charge in [0.2, 0.25) is 0 Å². The van der Waals surface area contributed by atoms with Crippen molar-refractivity contribution in [2.75, 3.05) is 13.1 Å². The number of rotatable bonds is 2. The molecule has 0 spiro atoms. The van der Waals surface area contributed by atoms with Gasteiger partial charge in [0, 0.05) is 30.6 Å². The molecule has 1 fully saturated rings. The van der Waals surface area contributed by atoms with Crippen LogP contribution in [-0.2, 0) is 0 Å². The lowest BCUT2D eigenvalue weighted by molar-refractivity contribution is 0.0713. The molecule has 0 radical (unpaired) electrons. The summed E-state index contributed by atoms with van der Waals surface area (Å²) in [5.74, 6) is 0.526. The third-order valence-corrected chi connectivity index (χ3v) is 4.95. The Morgan fingerprint density at radius 3 is 2.70 bits per heavy atom. The Balaban J connectivity index is 1.66. The molecule has 0 unspecified atom stereocenters. The second-order valence-corrected chi connectivity index (χ2v) is 6.25. The maximum Gasteiger partial charge on any atom is 0.255 e. The number of aromatic nitrogens is 1. The number of hydrogen-bond acceptors (Lipinski definition) is 3. The Morgan fingerprint density at radius 1 is 1.30 bits per heavy atom. The first-order valence-corrected chi connectivity index (χ1v) is 7.94. The molecular formula is C15H15ClN2OS. The van der Waals surface area contributed by atoms with Crippen LogP contribution in [0.5, 0.6) is 0 Å². The molecule has 104 valence electrons. The monoisotopic (exact) mass is 306 g/mol. The molecule has 0 atom stereocenters. The maximum atomic E-state index is 12.4. The number of halogens is 1. The molecule has 0 N–H and O–H groups in total. The highest BCUT2D eigenvalue weighted by Gasteiger charge is 2.26. The number of benzene rings is 1. The molecule has 2 aromatic rings. The van der Waals surface area contributed by atoms with Crippen molar-refractivity contribution in [3.05, 3.63) is 51.4 Å². The Labute approximate surface area is 127 Å². The Bertz CT molecular complexity index is 592. The van der Waals surface area contributed by atoms with Crippen LogP contribution in [0.4, 0.5) is 0 Å². The fourth-order valence-electron chi connectivity index (χ4n) is 2.57. The molecular weight excluding hydrogens is 292 g/mol. The van der Waals surface area contributed by atoms with Crippen molar-refractivity contribution >= 4 is 28.8 Å². The van der Waals surface area contributed by atoms with E-state index in [4.69, 9.17) is 11.6 Å². The summed E-state index contributed by atoms with van der Waals surface area (Å²) in [6, 6.07) is 7.24. The van der Waals surface area contributed by atoms with E-state index in [9.17, 15) is 4.79 Å². The van der Waals surface area contributed by atoms with Crippen molar-refractivity contribution in [3.63, 3.8) is 0 Å². The molecule has 1 aromatic carbocycles. The van der Waals surface area contributed by atoms with Crippen LogP contribution < -0.4 is 0 Å². The zero-order valence-electron chi connectivity index (χ0n) is 11.0. The van der Waals surface area contributed by atoms with Gasteiger partial charge in [-0.15, -0.1) is 11.3 Å². The van der Waals surface area contributed by atoms with Gasteiger partial charge in [0.05, 0.1) is 15.6 Å². The number of thiazole rings is 1. The number of piperidine rings is 1. The lowest BCUT2D eigenvalue weighted by Gasteiger charge is -2.31. The number of carbonyl (C=O) groups excluding carboxylic acids is 1. The van der Waals surface area contributed by atoms with Crippen LogP contribution in [0.25, 0.3) is 0 Å². The highest BCUT2D eigenvalue weighted by molar-refractivity contribution is 7.09. The number of nitrogens with zero attached hydrogens (tertiary/aromatic N) is 2. The van der Waals surface area contributed by atoms with Crippen LogP contribution in [-0.4, -0.2) is 28.9 Å². The van der Waals surface area contributed by atoms with E-state index in [1.165, 1.54) is 5.01 Å². The first kappa shape index (κ1) is 13.6. The van der Waals surface area contributed by atoms with Gasteiger partial charge in [-0.3, -0.25) is 4.79 Å². The molecule has 2 heterocycles. The van der Waals surface area contributed by atoms with E-state index in [1.807, 2.05) is 28.6 Å². The highest BCUT2D eigenvalue weighted by Crippen LogP contribution is 2.30. The van der Waals surface area contributed by atoms with Crippen molar-refractivity contribution < 1.29 is 4.79 Å². The van der Waals surface area contributed by atoms with Gasteiger partial charge in [-0.2, -0.15) is 0 Å². The van der Waals surface area contributed by atoms with Crippen LogP contribution in [0, 0.1) is 0 Å². The third-order valence-electron chi connectivity index (χ3n) is 3.69. The van der Waals surface area contributed by atoms with Crippen LogP contribution in [0.3, 0.4) is 0 Å². The van der Waals surface area contributed by atoms with Gasteiger partial charge < -0.3 is 4.90 Å². The molecule has 20 heavy (non-hydrogen) atoms. The van der Waals surface area contributed by atoms with Gasteiger partial charge in [-0.25, -0.2) is 4.98 Å². The molecule has 0 saturated carbocycles. The zero-order valence-corrected chi connectivity index (χ0v) is 12.5. The number of likely N-dealkylation sites (tertiary alicyclic amines) is 1. The van der Waals surface area contributed by atoms with E-state index >= 15 is 0 Å². The van der Waals surface area contributed by atoms with Crippen LogP contribution in [0.2, 0.25) is 5.02 Å². The van der Waals surface area contributed by atoms with Crippen molar-refractivity contribution in [2.24, 2.45) is 0 Å². The first-order chi connectivity index (χ1) is 9.75. The largest absolute Gasteiger partial charge is 0.339 e. The standard InChI is InChI=1S/C15H15ClN2OS/c16-13-4-2-1-3-12(13)15(19)18-8-5-11(6-9-18)14-17-7-10-20-14/h1-4,7,10-11H,5-6,8-9H2. The maximum absolute atomic E-state index is 12.4. The number of carbonyl (C=O) groups is 1. The van der Waals surface area contributed by atoms with Gasteiger partial charge in [0.25, 0.3) is 5.91 Å². The zero-order chi connectivity index (χ0) is 13.9. The fourth-order valence-corrected chi connectivity index (χ4v) is 3.60. The lowest BCUT2D eigenvalue weighted by atomic mass is 9.97. The van der Waals surface area contributed by atoms with Gasteiger partial charge in [-0.1, -0.05) is 23.7 Å². The van der Waals surface area contributed by atoms with Gasteiger partial charge in [0.1, 0.15) is 0 Å². The smallest absolute Gasteiger partial charge is 0.255 e. The van der Waals surface area contributed by atoms with E-state index in [1.54, 1.807) is 23.5 Å². The Hall–Kier alpha value is -1.39. The minimum Gasteiger partial charge on any atom is -0.339 e. The average molecular weight is 307 g/mol. The van der Waals surface area contributed by atoms with E-state index in [2.05, 4.69) is 4.98 Å². The molecule has 3 rings (SSSR count). The predicted molar refractivity (Wildman–Crippen MR) is 81.4 cm³/mol. The summed E-state index contributed by atoms with van der Waals surface area (Å²) in [7, 11) is 0. The number of hydrogen-bond donors (Lipinski definition) is 0. The quantitative estimate of drug-likeness (QED) is 0.845. The Kier molecular flexibility index (Phi) is 4.03. The predicted octanol–water partition coefficient (Wildman–Crippen LogP) is 3.82. The Morgan fingerprint density at radius 2 is 2.05 bits per heavy atom. The summed E-state index contributed by atoms with van der Waals surface area (Å²) in [6.07, 6.45) is 3.80. The van der Waals surface area contributed by atoms with Crippen molar-refractivity contribution in [2.45, 2.75) is 18.8 Å². The summed E-state index contributed by atoms with van der Waals surface area (Å²) < 4.78 is 0. The van der Waals surface area contributed by atoms with Crippen molar-refractivity contribution in [1.29, 1.82) is 0 Å². The second-order valence-electron chi connectivity index (χ2n) is 4.92. The topological polar surface area (TPSA) is 33.2 Å². The molecule has 1 saturated heterocycles. The summed E-state index contributed by atoms with van der Waals surface area (Å²) in [5, 5.41) is 3.73. The van der Waals surface area contributed by atoms with E-state index in [-0.39, 0.29) is 5.91 Å². The van der Waals surface area contributed by atoms with Crippen LogP contribution >= 0.6 is 22.9 Å². The minimum absolute atomic E-state index is 0.0354. The van der Waals surface area contributed by atoms with E-state index in [0.717, 1.165) is 25.9 Å². The summed E-state index contributed by atoms with van der Waals surface area (Å²) in [6.45, 7) is 1.54. The van der Waals surface area contributed by atoms with Crippen molar-refractivity contribution in [1.82, 2.24) is 9.88 Å². The van der Waals surface area contributed by atoms with Gasteiger partial charge in [0.15, 0.2) is 0 Å². The molecule has 5 heteroatoms. The molecule has 0 bridgehead atoms.